The first kappa shape index (κ1) is 15.3. The van der Waals surface area contributed by atoms with Gasteiger partial charge >= 0.3 is 12.1 Å². The number of carbonyl (C=O) groups excluding carboxylic acids is 1. The Kier molecular flexibility index (Phi) is 4.15. The van der Waals surface area contributed by atoms with E-state index in [9.17, 15) is 22.8 Å². The van der Waals surface area contributed by atoms with E-state index in [1.807, 2.05) is 0 Å². The lowest BCUT2D eigenvalue weighted by Gasteiger charge is -2.15. The van der Waals surface area contributed by atoms with E-state index in [0.29, 0.717) is 12.8 Å². The quantitative estimate of drug-likeness (QED) is 0.896. The molecule has 1 aromatic rings. The standard InChI is InChI=1S/C13H13F3N2O3/c14-13(15,16)10-9(2-1-5-17-10)11(19)18-8-4-3-7(6-8)12(20)21/h1-2,5,7-8H,3-4,6H2,(H,18,19)(H,20,21)/t7-,8+/m1/s1. The molecule has 0 unspecified atom stereocenters. The number of hydrogen-bond donors (Lipinski definition) is 2. The van der Waals surface area contributed by atoms with Crippen LogP contribution in [0.1, 0.15) is 35.3 Å². The van der Waals surface area contributed by atoms with Crippen LogP contribution in [0.15, 0.2) is 18.3 Å². The van der Waals surface area contributed by atoms with Gasteiger partial charge in [0.25, 0.3) is 5.91 Å². The summed E-state index contributed by atoms with van der Waals surface area (Å²) in [6.45, 7) is 0. The molecule has 1 aliphatic rings. The zero-order valence-corrected chi connectivity index (χ0v) is 10.9. The van der Waals surface area contributed by atoms with Crippen LogP contribution in [-0.4, -0.2) is 28.0 Å². The molecule has 1 saturated carbocycles. The highest BCUT2D eigenvalue weighted by atomic mass is 19.4. The number of amides is 1. The average molecular weight is 302 g/mol. The van der Waals surface area contributed by atoms with Gasteiger partial charge in [0.2, 0.25) is 0 Å². The summed E-state index contributed by atoms with van der Waals surface area (Å²) in [5, 5.41) is 11.3. The van der Waals surface area contributed by atoms with Gasteiger partial charge in [-0.3, -0.25) is 14.6 Å². The molecule has 1 fully saturated rings. The largest absolute Gasteiger partial charge is 0.481 e. The lowest BCUT2D eigenvalue weighted by atomic mass is 10.1. The Morgan fingerprint density at radius 2 is 2.05 bits per heavy atom. The molecule has 2 rings (SSSR count). The van der Waals surface area contributed by atoms with Gasteiger partial charge in [-0.15, -0.1) is 0 Å². The van der Waals surface area contributed by atoms with E-state index in [0.717, 1.165) is 12.3 Å². The third-order valence-corrected chi connectivity index (χ3v) is 3.44. The number of alkyl halides is 3. The molecule has 21 heavy (non-hydrogen) atoms. The highest BCUT2D eigenvalue weighted by molar-refractivity contribution is 5.95. The van der Waals surface area contributed by atoms with Crippen LogP contribution in [-0.2, 0) is 11.0 Å². The summed E-state index contributed by atoms with van der Waals surface area (Å²) in [6.07, 6.45) is -2.69. The summed E-state index contributed by atoms with van der Waals surface area (Å²) >= 11 is 0. The molecule has 0 aromatic carbocycles. The molecule has 1 amide bonds. The Morgan fingerprint density at radius 3 is 2.62 bits per heavy atom. The zero-order valence-electron chi connectivity index (χ0n) is 10.9. The topological polar surface area (TPSA) is 79.3 Å². The molecule has 114 valence electrons. The van der Waals surface area contributed by atoms with E-state index in [-0.39, 0.29) is 6.42 Å². The number of rotatable bonds is 3. The number of aromatic nitrogens is 1. The minimum absolute atomic E-state index is 0.225. The van der Waals surface area contributed by atoms with Crippen LogP contribution in [0, 0.1) is 5.92 Å². The minimum atomic E-state index is -4.72. The van der Waals surface area contributed by atoms with Crippen LogP contribution in [0.3, 0.4) is 0 Å². The fourth-order valence-electron chi connectivity index (χ4n) is 2.41. The normalized spacial score (nSPS) is 22.0. The molecule has 1 aliphatic carbocycles. The summed E-state index contributed by atoms with van der Waals surface area (Å²) in [7, 11) is 0. The van der Waals surface area contributed by atoms with Gasteiger partial charge in [0.15, 0.2) is 5.69 Å². The fourth-order valence-corrected chi connectivity index (χ4v) is 2.41. The van der Waals surface area contributed by atoms with E-state index in [1.165, 1.54) is 6.07 Å². The minimum Gasteiger partial charge on any atom is -0.481 e. The van der Waals surface area contributed by atoms with Gasteiger partial charge in [0.1, 0.15) is 0 Å². The number of halogens is 3. The predicted molar refractivity (Wildman–Crippen MR) is 65.5 cm³/mol. The van der Waals surface area contributed by atoms with Gasteiger partial charge in [-0.05, 0) is 31.4 Å². The number of carboxylic acid groups (broad SMARTS) is 1. The number of aliphatic carboxylic acids is 1. The first-order chi connectivity index (χ1) is 9.79. The van der Waals surface area contributed by atoms with Crippen molar-refractivity contribution in [3.8, 4) is 0 Å². The van der Waals surface area contributed by atoms with Crippen LogP contribution >= 0.6 is 0 Å². The van der Waals surface area contributed by atoms with E-state index in [1.54, 1.807) is 0 Å². The van der Waals surface area contributed by atoms with Crippen LogP contribution in [0.4, 0.5) is 13.2 Å². The maximum absolute atomic E-state index is 12.8. The van der Waals surface area contributed by atoms with Crippen LogP contribution in [0.5, 0.6) is 0 Å². The second kappa shape index (κ2) is 5.71. The van der Waals surface area contributed by atoms with Crippen molar-refractivity contribution in [1.82, 2.24) is 10.3 Å². The number of nitrogens with one attached hydrogen (secondary N) is 1. The molecular formula is C13H13F3N2O3. The van der Waals surface area contributed by atoms with E-state index in [4.69, 9.17) is 5.11 Å². The molecule has 0 bridgehead atoms. The number of pyridine rings is 1. The predicted octanol–water partition coefficient (Wildman–Crippen LogP) is 2.08. The Morgan fingerprint density at radius 1 is 1.33 bits per heavy atom. The number of carboxylic acids is 1. The van der Waals surface area contributed by atoms with Gasteiger partial charge in [0, 0.05) is 12.2 Å². The molecule has 0 spiro atoms. The number of nitrogens with zero attached hydrogens (tertiary/aromatic N) is 1. The highest BCUT2D eigenvalue weighted by Crippen LogP contribution is 2.31. The molecule has 1 aromatic heterocycles. The first-order valence-electron chi connectivity index (χ1n) is 6.35. The maximum Gasteiger partial charge on any atom is 0.434 e. The van der Waals surface area contributed by atoms with E-state index < -0.39 is 41.3 Å². The Bertz CT molecular complexity index is 560. The molecule has 8 heteroatoms. The van der Waals surface area contributed by atoms with Crippen molar-refractivity contribution in [2.45, 2.75) is 31.5 Å². The number of carbonyl (C=O) groups is 2. The monoisotopic (exact) mass is 302 g/mol. The Balaban J connectivity index is 2.10. The molecule has 5 nitrogen and oxygen atoms in total. The lowest BCUT2D eigenvalue weighted by Crippen LogP contribution is -2.34. The zero-order chi connectivity index (χ0) is 15.6. The van der Waals surface area contributed by atoms with Crippen molar-refractivity contribution in [3.63, 3.8) is 0 Å². The van der Waals surface area contributed by atoms with Gasteiger partial charge in [0.05, 0.1) is 11.5 Å². The molecular weight excluding hydrogens is 289 g/mol. The smallest absolute Gasteiger partial charge is 0.434 e. The van der Waals surface area contributed by atoms with E-state index in [2.05, 4.69) is 10.3 Å². The van der Waals surface area contributed by atoms with Crippen molar-refractivity contribution in [1.29, 1.82) is 0 Å². The molecule has 1 heterocycles. The third-order valence-electron chi connectivity index (χ3n) is 3.44. The molecule has 2 atom stereocenters. The van der Waals surface area contributed by atoms with Crippen molar-refractivity contribution in [3.05, 3.63) is 29.6 Å². The first-order valence-corrected chi connectivity index (χ1v) is 6.35. The average Bonchev–Trinajstić information content (AvgIpc) is 2.86. The summed E-state index contributed by atoms with van der Waals surface area (Å²) in [5.41, 5.74) is -1.79. The van der Waals surface area contributed by atoms with Gasteiger partial charge in [-0.1, -0.05) is 0 Å². The summed E-state index contributed by atoms with van der Waals surface area (Å²) in [5.74, 6) is -2.40. The third kappa shape index (κ3) is 3.50. The summed E-state index contributed by atoms with van der Waals surface area (Å²) < 4.78 is 38.3. The molecule has 0 radical (unpaired) electrons. The van der Waals surface area contributed by atoms with Crippen molar-refractivity contribution < 1.29 is 27.9 Å². The van der Waals surface area contributed by atoms with Gasteiger partial charge < -0.3 is 10.4 Å². The van der Waals surface area contributed by atoms with Crippen LogP contribution in [0.2, 0.25) is 0 Å². The van der Waals surface area contributed by atoms with E-state index >= 15 is 0 Å². The van der Waals surface area contributed by atoms with Crippen LogP contribution in [0.25, 0.3) is 0 Å². The maximum atomic E-state index is 12.8. The molecule has 2 N–H and O–H groups in total. The Hall–Kier alpha value is -2.12. The van der Waals surface area contributed by atoms with Crippen LogP contribution < -0.4 is 5.32 Å². The van der Waals surface area contributed by atoms with Gasteiger partial charge in [-0.2, -0.15) is 13.2 Å². The molecule has 0 saturated heterocycles. The SMILES string of the molecule is O=C(N[C@H]1CC[C@@H](C(=O)O)C1)c1cccnc1C(F)(F)F. The van der Waals surface area contributed by atoms with Crippen molar-refractivity contribution >= 4 is 11.9 Å². The highest BCUT2D eigenvalue weighted by Gasteiger charge is 2.38. The fraction of sp³-hybridized carbons (Fsp3) is 0.462. The second-order valence-electron chi connectivity index (χ2n) is 4.92. The van der Waals surface area contributed by atoms with Gasteiger partial charge in [-0.25, -0.2) is 0 Å². The van der Waals surface area contributed by atoms with Crippen molar-refractivity contribution in [2.24, 2.45) is 5.92 Å². The second-order valence-corrected chi connectivity index (χ2v) is 4.92. The molecule has 0 aliphatic heterocycles. The lowest BCUT2D eigenvalue weighted by molar-refractivity contribution is -0.142. The number of hydrogen-bond acceptors (Lipinski definition) is 3. The summed E-state index contributed by atoms with van der Waals surface area (Å²) in [6, 6.07) is 1.87. The Labute approximate surface area is 118 Å². The van der Waals surface area contributed by atoms with Crippen molar-refractivity contribution in [2.75, 3.05) is 0 Å². The summed E-state index contributed by atoms with van der Waals surface area (Å²) in [4.78, 5) is 26.0.